The first-order chi connectivity index (χ1) is 11.7. The zero-order valence-electron chi connectivity index (χ0n) is 12.5. The molecule has 0 fully saturated rings. The van der Waals surface area contributed by atoms with Gasteiger partial charge < -0.3 is 9.84 Å². The fourth-order valence-electron chi connectivity index (χ4n) is 1.85. The third-order valence-electron chi connectivity index (χ3n) is 3.03. The summed E-state index contributed by atoms with van der Waals surface area (Å²) in [5, 5.41) is 7.31. The average Bonchev–Trinajstić information content (AvgIpc) is 3.09. The number of pyridine rings is 1. The highest BCUT2D eigenvalue weighted by atomic mass is 35.5. The molecule has 0 spiro atoms. The summed E-state index contributed by atoms with van der Waals surface area (Å²) in [5.41, 5.74) is 0.810. The number of benzene rings is 1. The van der Waals surface area contributed by atoms with Crippen molar-refractivity contribution >= 4 is 29.3 Å². The second-order valence-corrected chi connectivity index (χ2v) is 6.25. The lowest BCUT2D eigenvalue weighted by Crippen LogP contribution is -2.24. The Morgan fingerprint density at radius 1 is 1.17 bits per heavy atom. The molecule has 0 unspecified atom stereocenters. The smallest absolute Gasteiger partial charge is 0.246 e. The van der Waals surface area contributed by atoms with Gasteiger partial charge >= 0.3 is 0 Å². The molecule has 0 bridgehead atoms. The van der Waals surface area contributed by atoms with Crippen LogP contribution in [0.1, 0.15) is 5.89 Å². The number of hydrogen-bond donors (Lipinski definition) is 1. The second kappa shape index (κ2) is 7.94. The molecule has 0 atom stereocenters. The van der Waals surface area contributed by atoms with Crippen LogP contribution in [-0.2, 0) is 11.3 Å². The van der Waals surface area contributed by atoms with E-state index >= 15 is 0 Å². The van der Waals surface area contributed by atoms with E-state index in [2.05, 4.69) is 20.4 Å². The van der Waals surface area contributed by atoms with Crippen LogP contribution in [-0.4, -0.2) is 26.8 Å². The molecule has 2 heterocycles. The molecule has 122 valence electrons. The van der Waals surface area contributed by atoms with Crippen LogP contribution in [0.5, 0.6) is 0 Å². The van der Waals surface area contributed by atoms with E-state index in [9.17, 15) is 4.79 Å². The molecule has 0 aliphatic carbocycles. The van der Waals surface area contributed by atoms with Gasteiger partial charge in [0.2, 0.25) is 17.6 Å². The molecule has 0 aliphatic rings. The molecular weight excluding hydrogens is 348 g/mol. The highest BCUT2D eigenvalue weighted by Crippen LogP contribution is 2.20. The Labute approximate surface area is 147 Å². The van der Waals surface area contributed by atoms with Gasteiger partial charge in [-0.25, -0.2) is 0 Å². The normalized spacial score (nSPS) is 10.5. The summed E-state index contributed by atoms with van der Waals surface area (Å²) in [6.07, 6.45) is 3.31. The van der Waals surface area contributed by atoms with E-state index in [4.69, 9.17) is 16.1 Å². The van der Waals surface area contributed by atoms with Crippen LogP contribution in [0.25, 0.3) is 11.4 Å². The van der Waals surface area contributed by atoms with Gasteiger partial charge in [-0.2, -0.15) is 4.98 Å². The number of aromatic nitrogens is 3. The highest BCUT2D eigenvalue weighted by Gasteiger charge is 2.10. The maximum absolute atomic E-state index is 11.9. The zero-order chi connectivity index (χ0) is 16.8. The predicted molar refractivity (Wildman–Crippen MR) is 91.6 cm³/mol. The molecule has 0 aliphatic heterocycles. The Morgan fingerprint density at radius 3 is 2.67 bits per heavy atom. The van der Waals surface area contributed by atoms with Gasteiger partial charge in [-0.3, -0.25) is 9.78 Å². The van der Waals surface area contributed by atoms with Gasteiger partial charge in [0.25, 0.3) is 0 Å². The van der Waals surface area contributed by atoms with Crippen LogP contribution < -0.4 is 5.32 Å². The van der Waals surface area contributed by atoms with Crippen molar-refractivity contribution in [2.24, 2.45) is 0 Å². The van der Waals surface area contributed by atoms with Crippen LogP contribution >= 0.6 is 23.4 Å². The summed E-state index contributed by atoms with van der Waals surface area (Å²) in [6.45, 7) is 0.193. The number of rotatable bonds is 6. The molecule has 8 heteroatoms. The first-order valence-corrected chi connectivity index (χ1v) is 8.45. The quantitative estimate of drug-likeness (QED) is 0.680. The molecule has 24 heavy (non-hydrogen) atoms. The molecule has 1 amide bonds. The number of amides is 1. The fourth-order valence-corrected chi connectivity index (χ4v) is 2.70. The predicted octanol–water partition coefficient (Wildman–Crippen LogP) is 3.19. The molecule has 6 nitrogen and oxygen atoms in total. The summed E-state index contributed by atoms with van der Waals surface area (Å²) in [5.74, 6) is 1.01. The van der Waals surface area contributed by atoms with E-state index in [1.807, 2.05) is 12.1 Å². The van der Waals surface area contributed by atoms with Crippen LogP contribution in [0.3, 0.4) is 0 Å². The summed E-state index contributed by atoms with van der Waals surface area (Å²) in [4.78, 5) is 21.0. The summed E-state index contributed by atoms with van der Waals surface area (Å²) < 4.78 is 5.13. The van der Waals surface area contributed by atoms with Gasteiger partial charge in [-0.15, -0.1) is 11.8 Å². The Morgan fingerprint density at radius 2 is 1.92 bits per heavy atom. The van der Waals surface area contributed by atoms with Crippen molar-refractivity contribution in [2.45, 2.75) is 11.4 Å². The lowest BCUT2D eigenvalue weighted by Gasteiger charge is -2.02. The Bertz CT molecular complexity index is 808. The largest absolute Gasteiger partial charge is 0.346 e. The SMILES string of the molecule is O=C(CSc1ccc(Cl)cc1)NCc1nc(-c2ccncc2)no1. The van der Waals surface area contributed by atoms with Gasteiger partial charge in [-0.05, 0) is 36.4 Å². The monoisotopic (exact) mass is 360 g/mol. The zero-order valence-corrected chi connectivity index (χ0v) is 14.0. The lowest BCUT2D eigenvalue weighted by atomic mass is 10.2. The number of hydrogen-bond acceptors (Lipinski definition) is 6. The van der Waals surface area contributed by atoms with Gasteiger partial charge in [0, 0.05) is 27.9 Å². The molecular formula is C16H13ClN4O2S. The number of nitrogens with zero attached hydrogens (tertiary/aromatic N) is 3. The number of halogens is 1. The first-order valence-electron chi connectivity index (χ1n) is 7.09. The summed E-state index contributed by atoms with van der Waals surface area (Å²) >= 11 is 7.25. The maximum atomic E-state index is 11.9. The molecule has 3 aromatic rings. The van der Waals surface area contributed by atoms with Crippen molar-refractivity contribution in [3.05, 3.63) is 59.7 Å². The molecule has 1 aromatic carbocycles. The molecule has 0 saturated heterocycles. The average molecular weight is 361 g/mol. The summed E-state index contributed by atoms with van der Waals surface area (Å²) in [6, 6.07) is 10.9. The fraction of sp³-hybridized carbons (Fsp3) is 0.125. The summed E-state index contributed by atoms with van der Waals surface area (Å²) in [7, 11) is 0. The van der Waals surface area contributed by atoms with Crippen LogP contribution in [0.15, 0.2) is 58.2 Å². The third-order valence-corrected chi connectivity index (χ3v) is 4.29. The third kappa shape index (κ3) is 4.56. The van der Waals surface area contributed by atoms with E-state index < -0.39 is 0 Å². The van der Waals surface area contributed by atoms with E-state index in [-0.39, 0.29) is 12.5 Å². The van der Waals surface area contributed by atoms with Crippen LogP contribution in [0.4, 0.5) is 0 Å². The second-order valence-electron chi connectivity index (χ2n) is 4.77. The Kier molecular flexibility index (Phi) is 5.45. The highest BCUT2D eigenvalue weighted by molar-refractivity contribution is 8.00. The lowest BCUT2D eigenvalue weighted by molar-refractivity contribution is -0.118. The van der Waals surface area contributed by atoms with Crippen LogP contribution in [0, 0.1) is 0 Å². The van der Waals surface area contributed by atoms with Gasteiger partial charge in [0.15, 0.2) is 0 Å². The maximum Gasteiger partial charge on any atom is 0.246 e. The number of thioether (sulfide) groups is 1. The topological polar surface area (TPSA) is 80.9 Å². The minimum Gasteiger partial charge on any atom is -0.346 e. The minimum atomic E-state index is -0.112. The molecule has 1 N–H and O–H groups in total. The van der Waals surface area contributed by atoms with Crippen molar-refractivity contribution in [1.29, 1.82) is 0 Å². The van der Waals surface area contributed by atoms with Crippen molar-refractivity contribution in [2.75, 3.05) is 5.75 Å². The standard InChI is InChI=1S/C16H13ClN4O2S/c17-12-1-3-13(4-2-12)24-10-14(22)19-9-15-20-16(21-23-15)11-5-7-18-8-6-11/h1-8H,9-10H2,(H,19,22). The van der Waals surface area contributed by atoms with E-state index in [1.165, 1.54) is 11.8 Å². The van der Waals surface area contributed by atoms with E-state index in [0.29, 0.717) is 22.5 Å². The first kappa shape index (κ1) is 16.5. The van der Waals surface area contributed by atoms with Gasteiger partial charge in [-0.1, -0.05) is 16.8 Å². The van der Waals surface area contributed by atoms with Crippen molar-refractivity contribution in [3.63, 3.8) is 0 Å². The van der Waals surface area contributed by atoms with E-state index in [1.54, 1.807) is 36.7 Å². The van der Waals surface area contributed by atoms with Gasteiger partial charge in [0.05, 0.1) is 12.3 Å². The Hall–Kier alpha value is -2.38. The van der Waals surface area contributed by atoms with Crippen LogP contribution in [0.2, 0.25) is 5.02 Å². The van der Waals surface area contributed by atoms with Gasteiger partial charge in [0.1, 0.15) is 0 Å². The van der Waals surface area contributed by atoms with Crippen molar-refractivity contribution in [1.82, 2.24) is 20.4 Å². The van der Waals surface area contributed by atoms with E-state index in [0.717, 1.165) is 10.5 Å². The molecule has 0 radical (unpaired) electrons. The number of nitrogens with one attached hydrogen (secondary N) is 1. The Balaban J connectivity index is 1.48. The van der Waals surface area contributed by atoms with Crippen molar-refractivity contribution in [3.8, 4) is 11.4 Å². The number of carbonyl (C=O) groups is 1. The molecule has 2 aromatic heterocycles. The molecule has 0 saturated carbocycles. The molecule has 3 rings (SSSR count). The minimum absolute atomic E-state index is 0.112. The van der Waals surface area contributed by atoms with Crippen molar-refractivity contribution < 1.29 is 9.32 Å². The number of carbonyl (C=O) groups excluding carboxylic acids is 1.